The van der Waals surface area contributed by atoms with Gasteiger partial charge in [-0.3, -0.25) is 4.79 Å². The first kappa shape index (κ1) is 13.4. The molecule has 5 heteroatoms. The molecule has 0 aliphatic rings. The van der Waals surface area contributed by atoms with Crippen LogP contribution in [0.4, 0.5) is 0 Å². The fraction of sp³-hybridized carbons (Fsp3) is 0.364. The molecule has 0 aliphatic heterocycles. The molecule has 0 saturated carbocycles. The van der Waals surface area contributed by atoms with Gasteiger partial charge in [0.05, 0.1) is 0 Å². The van der Waals surface area contributed by atoms with Crippen LogP contribution in [0.5, 0.6) is 0 Å². The van der Waals surface area contributed by atoms with E-state index in [1.165, 1.54) is 18.7 Å². The summed E-state index contributed by atoms with van der Waals surface area (Å²) in [6.07, 6.45) is 0. The summed E-state index contributed by atoms with van der Waals surface area (Å²) in [5.74, 6) is 0.0342. The van der Waals surface area contributed by atoms with Crippen LogP contribution in [0, 0.1) is 0 Å². The van der Waals surface area contributed by atoms with Crippen molar-refractivity contribution in [3.05, 3.63) is 34.9 Å². The lowest BCUT2D eigenvalue weighted by atomic mass is 10.1. The number of carboxylic acid groups (broad SMARTS) is 1. The molecule has 0 spiro atoms. The molecule has 0 bridgehead atoms. The number of carboxylic acids is 1. The van der Waals surface area contributed by atoms with E-state index in [9.17, 15) is 4.79 Å². The van der Waals surface area contributed by atoms with Crippen LogP contribution in [0.25, 0.3) is 0 Å². The second-order valence-electron chi connectivity index (χ2n) is 3.81. The molecular weight excluding hydrogens is 246 g/mol. The first-order valence-corrected chi connectivity index (χ1v) is 6.30. The maximum absolute atomic E-state index is 10.8. The number of hydrogen-bond donors (Lipinski definition) is 2. The molecule has 3 nitrogen and oxygen atoms in total. The van der Waals surface area contributed by atoms with Crippen molar-refractivity contribution in [3.63, 3.8) is 0 Å². The van der Waals surface area contributed by atoms with Crippen LogP contribution in [-0.4, -0.2) is 22.4 Å². The van der Waals surface area contributed by atoms with E-state index >= 15 is 0 Å². The van der Waals surface area contributed by atoms with Crippen LogP contribution in [0.1, 0.15) is 12.5 Å². The van der Waals surface area contributed by atoms with Crippen molar-refractivity contribution in [2.75, 3.05) is 5.75 Å². The first-order valence-electron chi connectivity index (χ1n) is 4.77. The zero-order valence-corrected chi connectivity index (χ0v) is 10.5. The monoisotopic (exact) mass is 259 g/mol. The predicted octanol–water partition coefficient (Wildman–Crippen LogP) is 2.38. The van der Waals surface area contributed by atoms with Gasteiger partial charge in [0.1, 0.15) is 5.54 Å². The lowest BCUT2D eigenvalue weighted by Crippen LogP contribution is -2.47. The third kappa shape index (κ3) is 3.70. The van der Waals surface area contributed by atoms with Gasteiger partial charge in [-0.05, 0) is 18.6 Å². The highest BCUT2D eigenvalue weighted by Crippen LogP contribution is 2.22. The Hall–Kier alpha value is -0.710. The Morgan fingerprint density at radius 2 is 2.19 bits per heavy atom. The molecule has 0 aromatic heterocycles. The van der Waals surface area contributed by atoms with E-state index in [2.05, 4.69) is 0 Å². The number of hydrogen-bond acceptors (Lipinski definition) is 3. The summed E-state index contributed by atoms with van der Waals surface area (Å²) >= 11 is 7.44. The van der Waals surface area contributed by atoms with Crippen LogP contribution in [0.15, 0.2) is 24.3 Å². The Morgan fingerprint density at radius 3 is 2.75 bits per heavy atom. The third-order valence-corrected chi connectivity index (χ3v) is 3.79. The molecule has 1 aromatic carbocycles. The fourth-order valence-electron chi connectivity index (χ4n) is 1.05. The van der Waals surface area contributed by atoms with Gasteiger partial charge >= 0.3 is 5.97 Å². The number of nitrogens with two attached hydrogens (primary N) is 1. The van der Waals surface area contributed by atoms with Gasteiger partial charge in [-0.2, -0.15) is 11.8 Å². The number of aliphatic carboxylic acids is 1. The van der Waals surface area contributed by atoms with Gasteiger partial charge in [-0.1, -0.05) is 29.8 Å². The average molecular weight is 260 g/mol. The maximum atomic E-state index is 10.8. The smallest absolute Gasteiger partial charge is 0.324 e. The van der Waals surface area contributed by atoms with Gasteiger partial charge in [0.15, 0.2) is 0 Å². The van der Waals surface area contributed by atoms with Gasteiger partial charge in [0.2, 0.25) is 0 Å². The lowest BCUT2D eigenvalue weighted by molar-refractivity contribution is -0.141. The number of halogens is 1. The van der Waals surface area contributed by atoms with Crippen molar-refractivity contribution in [1.82, 2.24) is 0 Å². The molecule has 3 N–H and O–H groups in total. The highest BCUT2D eigenvalue weighted by molar-refractivity contribution is 7.98. The van der Waals surface area contributed by atoms with E-state index in [-0.39, 0.29) is 0 Å². The zero-order chi connectivity index (χ0) is 12.2. The van der Waals surface area contributed by atoms with Crippen molar-refractivity contribution in [3.8, 4) is 0 Å². The Bertz CT molecular complexity index is 382. The van der Waals surface area contributed by atoms with E-state index in [1.807, 2.05) is 24.3 Å². The van der Waals surface area contributed by atoms with Gasteiger partial charge in [-0.15, -0.1) is 0 Å². The average Bonchev–Trinajstić information content (AvgIpc) is 2.20. The molecule has 0 aliphatic carbocycles. The predicted molar refractivity (Wildman–Crippen MR) is 67.8 cm³/mol. The van der Waals surface area contributed by atoms with Gasteiger partial charge in [0, 0.05) is 16.5 Å². The molecule has 0 heterocycles. The van der Waals surface area contributed by atoms with Crippen molar-refractivity contribution in [1.29, 1.82) is 0 Å². The summed E-state index contributed by atoms with van der Waals surface area (Å²) in [6.45, 7) is 1.51. The molecule has 1 aromatic rings. The summed E-state index contributed by atoms with van der Waals surface area (Å²) < 4.78 is 0. The molecule has 1 unspecified atom stereocenters. The Morgan fingerprint density at radius 1 is 1.56 bits per heavy atom. The van der Waals surface area contributed by atoms with Gasteiger partial charge in [-0.25, -0.2) is 0 Å². The Kier molecular flexibility index (Phi) is 4.65. The Balaban J connectivity index is 2.48. The minimum atomic E-state index is -1.19. The summed E-state index contributed by atoms with van der Waals surface area (Å²) in [5, 5.41) is 9.53. The third-order valence-electron chi connectivity index (χ3n) is 2.11. The molecule has 1 atom stereocenters. The normalized spacial score (nSPS) is 14.4. The van der Waals surface area contributed by atoms with E-state index in [4.69, 9.17) is 22.4 Å². The van der Waals surface area contributed by atoms with E-state index in [1.54, 1.807) is 0 Å². The largest absolute Gasteiger partial charge is 0.480 e. The van der Waals surface area contributed by atoms with Gasteiger partial charge < -0.3 is 10.8 Å². The minimum Gasteiger partial charge on any atom is -0.480 e. The van der Waals surface area contributed by atoms with Crippen LogP contribution in [0.2, 0.25) is 5.02 Å². The van der Waals surface area contributed by atoms with Crippen LogP contribution in [-0.2, 0) is 10.5 Å². The standard InChI is InChI=1S/C11H14ClNO2S/c1-11(13,10(14)15)7-16-6-8-4-2-3-5-9(8)12/h2-5H,6-7,13H2,1H3,(H,14,15). The highest BCUT2D eigenvalue weighted by atomic mass is 35.5. The van der Waals surface area contributed by atoms with Crippen LogP contribution in [0.3, 0.4) is 0 Å². The lowest BCUT2D eigenvalue weighted by Gasteiger charge is -2.18. The maximum Gasteiger partial charge on any atom is 0.324 e. The van der Waals surface area contributed by atoms with Gasteiger partial charge in [0.25, 0.3) is 0 Å². The van der Waals surface area contributed by atoms with Crippen LogP contribution >= 0.6 is 23.4 Å². The molecule has 0 fully saturated rings. The quantitative estimate of drug-likeness (QED) is 0.852. The van der Waals surface area contributed by atoms with E-state index in [0.29, 0.717) is 16.5 Å². The van der Waals surface area contributed by atoms with Crippen LogP contribution < -0.4 is 5.73 Å². The molecule has 1 rings (SSSR count). The molecule has 0 amide bonds. The number of thioether (sulfide) groups is 1. The van der Waals surface area contributed by atoms with Crippen molar-refractivity contribution in [2.45, 2.75) is 18.2 Å². The molecule has 16 heavy (non-hydrogen) atoms. The van der Waals surface area contributed by atoms with Crippen molar-refractivity contribution < 1.29 is 9.90 Å². The number of carbonyl (C=O) groups is 1. The summed E-state index contributed by atoms with van der Waals surface area (Å²) in [6, 6.07) is 7.50. The van der Waals surface area contributed by atoms with E-state index in [0.717, 1.165) is 5.56 Å². The van der Waals surface area contributed by atoms with Crippen molar-refractivity contribution >= 4 is 29.3 Å². The zero-order valence-electron chi connectivity index (χ0n) is 8.94. The number of rotatable bonds is 5. The Labute approximate surface area is 104 Å². The molecule has 88 valence electrons. The molecular formula is C11H14ClNO2S. The topological polar surface area (TPSA) is 63.3 Å². The second-order valence-corrected chi connectivity index (χ2v) is 5.20. The summed E-state index contributed by atoms with van der Waals surface area (Å²) in [4.78, 5) is 10.8. The second kappa shape index (κ2) is 5.57. The van der Waals surface area contributed by atoms with Crippen molar-refractivity contribution in [2.24, 2.45) is 5.73 Å². The summed E-state index contributed by atoms with van der Waals surface area (Å²) in [5.41, 5.74) is 5.42. The fourth-order valence-corrected chi connectivity index (χ4v) is 2.45. The molecule has 0 saturated heterocycles. The highest BCUT2D eigenvalue weighted by Gasteiger charge is 2.27. The molecule has 0 radical (unpaired) electrons. The SMILES string of the molecule is CC(N)(CSCc1ccccc1Cl)C(=O)O. The minimum absolute atomic E-state index is 0.355. The van der Waals surface area contributed by atoms with E-state index < -0.39 is 11.5 Å². The summed E-state index contributed by atoms with van der Waals surface area (Å²) in [7, 11) is 0. The number of benzene rings is 1. The first-order chi connectivity index (χ1) is 7.43.